The molecule has 1 amide bonds. The first-order valence-electron chi connectivity index (χ1n) is 6.64. The lowest BCUT2D eigenvalue weighted by Gasteiger charge is -2.39. The molecule has 1 aliphatic heterocycles. The summed E-state index contributed by atoms with van der Waals surface area (Å²) in [5, 5.41) is 0. The predicted octanol–water partition coefficient (Wildman–Crippen LogP) is 2.12. The third kappa shape index (κ3) is 2.73. The number of hydrogen-bond donors (Lipinski definition) is 1. The van der Waals surface area contributed by atoms with Crippen LogP contribution in [0.15, 0.2) is 0 Å². The van der Waals surface area contributed by atoms with Crippen LogP contribution in [0.3, 0.4) is 0 Å². The van der Waals surface area contributed by atoms with E-state index in [0.29, 0.717) is 5.92 Å². The molecule has 0 spiro atoms. The van der Waals surface area contributed by atoms with E-state index in [1.54, 1.807) is 0 Å². The van der Waals surface area contributed by atoms with E-state index in [1.807, 2.05) is 25.7 Å². The highest BCUT2D eigenvalue weighted by Gasteiger charge is 2.43. The average molecular weight is 240 g/mol. The molecule has 4 heteroatoms. The quantitative estimate of drug-likeness (QED) is 0.764. The van der Waals surface area contributed by atoms with Crippen LogP contribution in [0.5, 0.6) is 0 Å². The van der Waals surface area contributed by atoms with Crippen molar-refractivity contribution >= 4 is 6.09 Å². The summed E-state index contributed by atoms with van der Waals surface area (Å²) in [5.74, 6) is 0.597. The molecule has 1 saturated carbocycles. The largest absolute Gasteiger partial charge is 0.444 e. The van der Waals surface area contributed by atoms with Crippen molar-refractivity contribution in [2.24, 2.45) is 11.7 Å². The molecule has 2 N–H and O–H groups in total. The van der Waals surface area contributed by atoms with Gasteiger partial charge in [0.05, 0.1) is 6.04 Å². The molecule has 98 valence electrons. The smallest absolute Gasteiger partial charge is 0.410 e. The van der Waals surface area contributed by atoms with Crippen molar-refractivity contribution in [2.45, 2.75) is 64.1 Å². The Morgan fingerprint density at radius 3 is 2.41 bits per heavy atom. The molecular formula is C13H24N2O2. The summed E-state index contributed by atoms with van der Waals surface area (Å²) in [6, 6.07) is 0.339. The Balaban J connectivity index is 2.01. The Morgan fingerprint density at radius 1 is 1.29 bits per heavy atom. The summed E-state index contributed by atoms with van der Waals surface area (Å²) >= 11 is 0. The minimum atomic E-state index is -0.423. The Morgan fingerprint density at radius 2 is 1.94 bits per heavy atom. The van der Waals surface area contributed by atoms with Gasteiger partial charge in [-0.15, -0.1) is 0 Å². The standard InChI is InChI=1S/C13H24N2O2/c1-13(2,3)17-12(16)15-8-7-10(14)11(15)9-5-4-6-9/h9-11H,4-8,14H2,1-3H3. The fraction of sp³-hybridized carbons (Fsp3) is 0.923. The maximum Gasteiger partial charge on any atom is 0.410 e. The summed E-state index contributed by atoms with van der Waals surface area (Å²) in [4.78, 5) is 14.0. The van der Waals surface area contributed by atoms with Crippen LogP contribution in [-0.4, -0.2) is 35.2 Å². The molecule has 2 unspecified atom stereocenters. The summed E-state index contributed by atoms with van der Waals surface area (Å²) < 4.78 is 5.45. The number of likely N-dealkylation sites (tertiary alicyclic amines) is 1. The van der Waals surface area contributed by atoms with Crippen molar-refractivity contribution in [3.63, 3.8) is 0 Å². The lowest BCUT2D eigenvalue weighted by atomic mass is 9.77. The number of hydrogen-bond acceptors (Lipinski definition) is 3. The fourth-order valence-electron chi connectivity index (χ4n) is 2.76. The van der Waals surface area contributed by atoms with Crippen LogP contribution < -0.4 is 5.73 Å². The van der Waals surface area contributed by atoms with E-state index in [2.05, 4.69) is 0 Å². The lowest BCUT2D eigenvalue weighted by Crippen LogP contribution is -2.50. The Hall–Kier alpha value is -0.770. The van der Waals surface area contributed by atoms with Crippen LogP contribution in [0.4, 0.5) is 4.79 Å². The van der Waals surface area contributed by atoms with Crippen LogP contribution in [0.25, 0.3) is 0 Å². The second-order valence-electron chi connectivity index (χ2n) is 6.31. The third-order valence-electron chi connectivity index (χ3n) is 3.76. The lowest BCUT2D eigenvalue weighted by molar-refractivity contribution is 0.0116. The predicted molar refractivity (Wildman–Crippen MR) is 66.7 cm³/mol. The molecule has 2 aliphatic rings. The number of ether oxygens (including phenoxy) is 1. The molecule has 0 aromatic carbocycles. The molecule has 4 nitrogen and oxygen atoms in total. The van der Waals surface area contributed by atoms with Crippen molar-refractivity contribution in [2.75, 3.05) is 6.54 Å². The molecule has 0 aromatic heterocycles. The van der Waals surface area contributed by atoms with Crippen LogP contribution >= 0.6 is 0 Å². The third-order valence-corrected chi connectivity index (χ3v) is 3.76. The highest BCUT2D eigenvalue weighted by Crippen LogP contribution is 2.37. The van der Waals surface area contributed by atoms with Gasteiger partial charge in [-0.05, 0) is 46.0 Å². The summed E-state index contributed by atoms with van der Waals surface area (Å²) in [6.07, 6.45) is 4.40. The first-order valence-corrected chi connectivity index (χ1v) is 6.64. The van der Waals surface area contributed by atoms with Gasteiger partial charge in [0.15, 0.2) is 0 Å². The van der Waals surface area contributed by atoms with Crippen molar-refractivity contribution in [3.8, 4) is 0 Å². The second-order valence-corrected chi connectivity index (χ2v) is 6.31. The zero-order chi connectivity index (χ0) is 12.6. The number of nitrogens with two attached hydrogens (primary N) is 1. The number of carbonyl (C=O) groups is 1. The zero-order valence-electron chi connectivity index (χ0n) is 11.1. The van der Waals surface area contributed by atoms with E-state index in [-0.39, 0.29) is 18.2 Å². The maximum atomic E-state index is 12.1. The fourth-order valence-corrected chi connectivity index (χ4v) is 2.76. The molecule has 0 bridgehead atoms. The molecule has 0 radical (unpaired) electrons. The van der Waals surface area contributed by atoms with E-state index < -0.39 is 5.60 Å². The van der Waals surface area contributed by atoms with Gasteiger partial charge in [0.25, 0.3) is 0 Å². The van der Waals surface area contributed by atoms with E-state index in [1.165, 1.54) is 19.3 Å². The molecule has 2 atom stereocenters. The number of carbonyl (C=O) groups excluding carboxylic acids is 1. The van der Waals surface area contributed by atoms with E-state index in [9.17, 15) is 4.79 Å². The van der Waals surface area contributed by atoms with Crippen molar-refractivity contribution in [1.29, 1.82) is 0 Å². The summed E-state index contributed by atoms with van der Waals surface area (Å²) in [6.45, 7) is 6.45. The van der Waals surface area contributed by atoms with Gasteiger partial charge in [0.2, 0.25) is 0 Å². The number of nitrogens with zero attached hydrogens (tertiary/aromatic N) is 1. The number of amides is 1. The van der Waals surface area contributed by atoms with Crippen LogP contribution in [0.2, 0.25) is 0 Å². The molecule has 2 rings (SSSR count). The highest BCUT2D eigenvalue weighted by molar-refractivity contribution is 5.69. The van der Waals surface area contributed by atoms with Gasteiger partial charge in [0.1, 0.15) is 5.60 Å². The van der Waals surface area contributed by atoms with Gasteiger partial charge in [-0.25, -0.2) is 4.79 Å². The minimum Gasteiger partial charge on any atom is -0.444 e. The first kappa shape index (κ1) is 12.7. The van der Waals surface area contributed by atoms with Crippen molar-refractivity contribution < 1.29 is 9.53 Å². The minimum absolute atomic E-state index is 0.132. The van der Waals surface area contributed by atoms with Gasteiger partial charge >= 0.3 is 6.09 Å². The SMILES string of the molecule is CC(C)(C)OC(=O)N1CCC(N)C1C1CCC1. The Kier molecular flexibility index (Phi) is 3.34. The van der Waals surface area contributed by atoms with Gasteiger partial charge < -0.3 is 15.4 Å². The summed E-state index contributed by atoms with van der Waals surface area (Å²) in [7, 11) is 0. The van der Waals surface area contributed by atoms with Gasteiger partial charge in [0, 0.05) is 12.6 Å². The molecule has 1 aliphatic carbocycles. The normalized spacial score (nSPS) is 30.2. The van der Waals surface area contributed by atoms with Gasteiger partial charge in [-0.2, -0.15) is 0 Å². The molecule has 1 heterocycles. The Labute approximate surface area is 103 Å². The zero-order valence-corrected chi connectivity index (χ0v) is 11.1. The van der Waals surface area contributed by atoms with E-state index >= 15 is 0 Å². The first-order chi connectivity index (χ1) is 7.88. The van der Waals surface area contributed by atoms with Crippen LogP contribution in [0, 0.1) is 5.92 Å². The number of rotatable bonds is 1. The monoisotopic (exact) mass is 240 g/mol. The van der Waals surface area contributed by atoms with Crippen LogP contribution in [0.1, 0.15) is 46.5 Å². The van der Waals surface area contributed by atoms with Crippen molar-refractivity contribution in [3.05, 3.63) is 0 Å². The second kappa shape index (κ2) is 4.48. The van der Waals surface area contributed by atoms with Gasteiger partial charge in [-0.3, -0.25) is 0 Å². The van der Waals surface area contributed by atoms with E-state index in [4.69, 9.17) is 10.5 Å². The van der Waals surface area contributed by atoms with Gasteiger partial charge in [-0.1, -0.05) is 6.42 Å². The highest BCUT2D eigenvalue weighted by atomic mass is 16.6. The average Bonchev–Trinajstić information content (AvgIpc) is 2.43. The Bertz CT molecular complexity index is 294. The molecule has 17 heavy (non-hydrogen) atoms. The summed E-state index contributed by atoms with van der Waals surface area (Å²) in [5.41, 5.74) is 5.71. The van der Waals surface area contributed by atoms with E-state index in [0.717, 1.165) is 13.0 Å². The van der Waals surface area contributed by atoms with Crippen molar-refractivity contribution in [1.82, 2.24) is 4.90 Å². The molecule has 2 fully saturated rings. The topological polar surface area (TPSA) is 55.6 Å². The molecular weight excluding hydrogens is 216 g/mol. The maximum absolute atomic E-state index is 12.1. The van der Waals surface area contributed by atoms with Crippen LogP contribution in [-0.2, 0) is 4.74 Å². The molecule has 0 aromatic rings. The molecule has 1 saturated heterocycles.